The van der Waals surface area contributed by atoms with E-state index in [-0.39, 0.29) is 18.0 Å². The Morgan fingerprint density at radius 1 is 0.957 bits per heavy atom. The summed E-state index contributed by atoms with van der Waals surface area (Å²) in [6.45, 7) is 4.44. The van der Waals surface area contributed by atoms with Gasteiger partial charge in [-0.15, -0.1) is 0 Å². The molecule has 0 aliphatic heterocycles. The minimum atomic E-state index is 0.120. The number of esters is 1. The quantitative estimate of drug-likeness (QED) is 0.388. The highest BCUT2D eigenvalue weighted by Crippen LogP contribution is 2.34. The molecule has 2 nitrogen and oxygen atoms in total. The van der Waals surface area contributed by atoms with Crippen LogP contribution in [0.1, 0.15) is 104 Å². The van der Waals surface area contributed by atoms with E-state index in [2.05, 4.69) is 13.8 Å². The van der Waals surface area contributed by atoms with Crippen LogP contribution in [0.25, 0.3) is 0 Å². The molecule has 2 fully saturated rings. The lowest BCUT2D eigenvalue weighted by molar-refractivity contribution is -0.159. The van der Waals surface area contributed by atoms with E-state index in [1.54, 1.807) is 0 Å². The fourth-order valence-corrected chi connectivity index (χ4v) is 4.63. The molecular formula is C21H38O2. The third-order valence-corrected chi connectivity index (χ3v) is 6.24. The van der Waals surface area contributed by atoms with Crippen molar-refractivity contribution in [3.63, 3.8) is 0 Å². The van der Waals surface area contributed by atoms with Gasteiger partial charge in [0, 0.05) is 0 Å². The monoisotopic (exact) mass is 322 g/mol. The number of carbonyl (C=O) groups is 1. The second-order valence-electron chi connectivity index (χ2n) is 8.00. The molecule has 2 saturated carbocycles. The van der Waals surface area contributed by atoms with E-state index in [1.807, 2.05) is 0 Å². The zero-order valence-corrected chi connectivity index (χ0v) is 15.5. The Bertz CT molecular complexity index is 325. The van der Waals surface area contributed by atoms with Crippen molar-refractivity contribution in [3.05, 3.63) is 0 Å². The van der Waals surface area contributed by atoms with Gasteiger partial charge in [-0.3, -0.25) is 4.79 Å². The van der Waals surface area contributed by atoms with Crippen LogP contribution in [0.15, 0.2) is 0 Å². The Labute approximate surface area is 143 Å². The second kappa shape index (κ2) is 10.4. The van der Waals surface area contributed by atoms with Crippen molar-refractivity contribution in [2.45, 2.75) is 110 Å². The molecule has 1 atom stereocenters. The Morgan fingerprint density at radius 3 is 2.26 bits per heavy atom. The van der Waals surface area contributed by atoms with Gasteiger partial charge in [0.15, 0.2) is 0 Å². The van der Waals surface area contributed by atoms with Gasteiger partial charge in [-0.25, -0.2) is 0 Å². The summed E-state index contributed by atoms with van der Waals surface area (Å²) in [4.78, 5) is 12.6. The third kappa shape index (κ3) is 6.12. The predicted octanol–water partition coefficient (Wildman–Crippen LogP) is 6.28. The number of carbonyl (C=O) groups excluding carboxylic acids is 1. The van der Waals surface area contributed by atoms with Gasteiger partial charge >= 0.3 is 5.97 Å². The van der Waals surface area contributed by atoms with Gasteiger partial charge in [-0.2, -0.15) is 0 Å². The van der Waals surface area contributed by atoms with Crippen LogP contribution in [-0.4, -0.2) is 12.1 Å². The van der Waals surface area contributed by atoms with Crippen molar-refractivity contribution in [2.24, 2.45) is 17.8 Å². The summed E-state index contributed by atoms with van der Waals surface area (Å²) in [6.07, 6.45) is 17.7. The van der Waals surface area contributed by atoms with Crippen LogP contribution in [-0.2, 0) is 9.53 Å². The maximum Gasteiger partial charge on any atom is 0.309 e. The molecular weight excluding hydrogens is 284 g/mol. The lowest BCUT2D eigenvalue weighted by Crippen LogP contribution is -2.32. The summed E-state index contributed by atoms with van der Waals surface area (Å²) in [5.41, 5.74) is 0. The van der Waals surface area contributed by atoms with Gasteiger partial charge in [0.2, 0.25) is 0 Å². The van der Waals surface area contributed by atoms with Crippen LogP contribution in [0.2, 0.25) is 0 Å². The lowest BCUT2D eigenvalue weighted by atomic mass is 9.79. The molecule has 2 aliphatic carbocycles. The molecule has 134 valence electrons. The summed E-state index contributed by atoms with van der Waals surface area (Å²) < 4.78 is 5.97. The average Bonchev–Trinajstić information content (AvgIpc) is 2.61. The topological polar surface area (TPSA) is 26.3 Å². The zero-order chi connectivity index (χ0) is 16.5. The highest BCUT2D eigenvalue weighted by Gasteiger charge is 2.31. The molecule has 0 N–H and O–H groups in total. The maximum absolute atomic E-state index is 12.6. The smallest absolute Gasteiger partial charge is 0.309 e. The molecule has 0 spiro atoms. The molecule has 2 heteroatoms. The van der Waals surface area contributed by atoms with Crippen LogP contribution in [0.4, 0.5) is 0 Å². The standard InChI is InChI=1S/C21H38O2/c1-3-5-7-10-17-13-15-19(16-14-17)21(22)23-20(4-2)18-11-8-6-9-12-18/h17-20H,3-16H2,1-2H3. The molecule has 1 unspecified atom stereocenters. The minimum absolute atomic E-state index is 0.120. The molecule has 0 heterocycles. The van der Waals surface area contributed by atoms with Gasteiger partial charge < -0.3 is 4.74 Å². The molecule has 0 aromatic carbocycles. The molecule has 0 amide bonds. The van der Waals surface area contributed by atoms with E-state index in [9.17, 15) is 4.79 Å². The van der Waals surface area contributed by atoms with E-state index in [4.69, 9.17) is 4.74 Å². The predicted molar refractivity (Wildman–Crippen MR) is 96.3 cm³/mol. The minimum Gasteiger partial charge on any atom is -0.462 e. The van der Waals surface area contributed by atoms with Gasteiger partial charge in [0.25, 0.3) is 0 Å². The summed E-state index contributed by atoms with van der Waals surface area (Å²) in [5.74, 6) is 1.80. The van der Waals surface area contributed by atoms with E-state index >= 15 is 0 Å². The van der Waals surface area contributed by atoms with E-state index in [0.717, 1.165) is 25.2 Å². The average molecular weight is 323 g/mol. The SMILES string of the molecule is CCCCCC1CCC(C(=O)OC(CC)C2CCCCC2)CC1. The fraction of sp³-hybridized carbons (Fsp3) is 0.952. The number of ether oxygens (including phenoxy) is 1. The first-order valence-electron chi connectivity index (χ1n) is 10.4. The molecule has 0 bridgehead atoms. The van der Waals surface area contributed by atoms with Crippen molar-refractivity contribution >= 4 is 5.97 Å². The van der Waals surface area contributed by atoms with Gasteiger partial charge in [0.1, 0.15) is 6.10 Å². The van der Waals surface area contributed by atoms with Gasteiger partial charge in [-0.1, -0.05) is 58.8 Å². The lowest BCUT2D eigenvalue weighted by Gasteiger charge is -2.32. The Morgan fingerprint density at radius 2 is 1.65 bits per heavy atom. The number of unbranched alkanes of at least 4 members (excludes halogenated alkanes) is 2. The van der Waals surface area contributed by atoms with E-state index < -0.39 is 0 Å². The summed E-state index contributed by atoms with van der Waals surface area (Å²) in [6, 6.07) is 0. The Hall–Kier alpha value is -0.530. The van der Waals surface area contributed by atoms with Crippen molar-refractivity contribution in [2.75, 3.05) is 0 Å². The molecule has 2 aliphatic rings. The Balaban J connectivity index is 1.71. The highest BCUT2D eigenvalue weighted by atomic mass is 16.5. The van der Waals surface area contributed by atoms with Crippen LogP contribution in [0.3, 0.4) is 0 Å². The second-order valence-corrected chi connectivity index (χ2v) is 8.00. The molecule has 0 radical (unpaired) electrons. The molecule has 0 saturated heterocycles. The molecule has 2 rings (SSSR count). The first-order valence-corrected chi connectivity index (χ1v) is 10.4. The van der Waals surface area contributed by atoms with Crippen LogP contribution < -0.4 is 0 Å². The number of rotatable bonds is 8. The van der Waals surface area contributed by atoms with Crippen molar-refractivity contribution in [1.29, 1.82) is 0 Å². The number of hydrogen-bond donors (Lipinski definition) is 0. The first-order chi connectivity index (χ1) is 11.2. The van der Waals surface area contributed by atoms with Crippen LogP contribution >= 0.6 is 0 Å². The van der Waals surface area contributed by atoms with Crippen molar-refractivity contribution < 1.29 is 9.53 Å². The van der Waals surface area contributed by atoms with Crippen LogP contribution in [0, 0.1) is 17.8 Å². The van der Waals surface area contributed by atoms with Crippen molar-refractivity contribution in [3.8, 4) is 0 Å². The zero-order valence-electron chi connectivity index (χ0n) is 15.5. The van der Waals surface area contributed by atoms with Crippen LogP contribution in [0.5, 0.6) is 0 Å². The highest BCUT2D eigenvalue weighted by molar-refractivity contribution is 5.72. The molecule has 0 aromatic rings. The summed E-state index contributed by atoms with van der Waals surface area (Å²) in [5, 5.41) is 0. The van der Waals surface area contributed by atoms with Gasteiger partial charge in [-0.05, 0) is 56.8 Å². The van der Waals surface area contributed by atoms with Gasteiger partial charge in [0.05, 0.1) is 5.92 Å². The van der Waals surface area contributed by atoms with E-state index in [0.29, 0.717) is 5.92 Å². The Kier molecular flexibility index (Phi) is 8.47. The normalized spacial score (nSPS) is 27.6. The summed E-state index contributed by atoms with van der Waals surface area (Å²) >= 11 is 0. The largest absolute Gasteiger partial charge is 0.462 e. The number of hydrogen-bond acceptors (Lipinski definition) is 2. The van der Waals surface area contributed by atoms with Crippen molar-refractivity contribution in [1.82, 2.24) is 0 Å². The molecule has 23 heavy (non-hydrogen) atoms. The van der Waals surface area contributed by atoms with E-state index in [1.165, 1.54) is 70.6 Å². The molecule has 0 aromatic heterocycles. The fourth-order valence-electron chi connectivity index (χ4n) is 4.63. The maximum atomic E-state index is 12.6. The summed E-state index contributed by atoms with van der Waals surface area (Å²) in [7, 11) is 0. The first kappa shape index (κ1) is 18.8. The third-order valence-electron chi connectivity index (χ3n) is 6.24.